The second-order valence-corrected chi connectivity index (χ2v) is 4.24. The van der Waals surface area contributed by atoms with Crippen LogP contribution in [0.25, 0.3) is 0 Å². The van der Waals surface area contributed by atoms with Crippen molar-refractivity contribution in [3.05, 3.63) is 17.5 Å². The maximum absolute atomic E-state index is 5.27. The summed E-state index contributed by atoms with van der Waals surface area (Å²) in [5.74, 6) is 0.477. The molecule has 0 fully saturated rings. The number of aryl methyl sites for hydroxylation is 1. The second kappa shape index (κ2) is 6.66. The van der Waals surface area contributed by atoms with Crippen LogP contribution in [0.3, 0.4) is 0 Å². The molecule has 0 aliphatic heterocycles. The van der Waals surface area contributed by atoms with Crippen LogP contribution >= 0.6 is 0 Å². The van der Waals surface area contributed by atoms with Crippen LogP contribution in [-0.4, -0.2) is 29.5 Å². The van der Waals surface area contributed by atoms with Crippen LogP contribution in [-0.2, 0) is 18.3 Å². The van der Waals surface area contributed by atoms with E-state index in [1.165, 1.54) is 11.3 Å². The molecule has 0 saturated carbocycles. The summed E-state index contributed by atoms with van der Waals surface area (Å²) in [6, 6.07) is 0. The number of hydrogen-bond donors (Lipinski definition) is 1. The van der Waals surface area contributed by atoms with Gasteiger partial charge in [-0.25, -0.2) is 0 Å². The molecule has 0 atom stereocenters. The van der Waals surface area contributed by atoms with E-state index in [0.717, 1.165) is 26.3 Å². The number of ether oxygens (including phenoxy) is 1. The van der Waals surface area contributed by atoms with Gasteiger partial charge >= 0.3 is 0 Å². The minimum absolute atomic E-state index is 0.477. The Balaban J connectivity index is 2.40. The van der Waals surface area contributed by atoms with E-state index in [4.69, 9.17) is 4.74 Å². The summed E-state index contributed by atoms with van der Waals surface area (Å²) in [6.45, 7) is 9.67. The highest BCUT2D eigenvalue weighted by atomic mass is 16.5. The number of aromatic nitrogens is 2. The normalized spacial score (nSPS) is 11.3. The molecule has 1 aromatic heterocycles. The quantitative estimate of drug-likeness (QED) is 0.717. The second-order valence-electron chi connectivity index (χ2n) is 4.24. The number of rotatable bonds is 7. The van der Waals surface area contributed by atoms with E-state index in [1.807, 2.05) is 18.7 Å². The SMILES string of the molecule is CCOCCNCc1cn(C)nc1C(C)C. The van der Waals surface area contributed by atoms with Crippen LogP contribution in [0.4, 0.5) is 0 Å². The molecule has 16 heavy (non-hydrogen) atoms. The first-order valence-electron chi connectivity index (χ1n) is 5.96. The molecule has 92 valence electrons. The van der Waals surface area contributed by atoms with Crippen LogP contribution in [0.15, 0.2) is 6.20 Å². The average molecular weight is 225 g/mol. The smallest absolute Gasteiger partial charge is 0.0694 e. The summed E-state index contributed by atoms with van der Waals surface area (Å²) in [7, 11) is 1.97. The van der Waals surface area contributed by atoms with Crippen LogP contribution in [0, 0.1) is 0 Å². The molecule has 1 aromatic rings. The van der Waals surface area contributed by atoms with Gasteiger partial charge in [0, 0.05) is 38.5 Å². The Morgan fingerprint density at radius 3 is 2.88 bits per heavy atom. The van der Waals surface area contributed by atoms with E-state index in [2.05, 4.69) is 30.5 Å². The molecular weight excluding hydrogens is 202 g/mol. The third-order valence-electron chi connectivity index (χ3n) is 2.43. The topological polar surface area (TPSA) is 39.1 Å². The van der Waals surface area contributed by atoms with E-state index >= 15 is 0 Å². The van der Waals surface area contributed by atoms with Crippen molar-refractivity contribution in [1.29, 1.82) is 0 Å². The van der Waals surface area contributed by atoms with Crippen LogP contribution in [0.5, 0.6) is 0 Å². The maximum atomic E-state index is 5.27. The molecule has 0 bridgehead atoms. The van der Waals surface area contributed by atoms with Gasteiger partial charge in [-0.2, -0.15) is 5.10 Å². The molecule has 0 unspecified atom stereocenters. The standard InChI is InChI=1S/C12H23N3O/c1-5-16-7-6-13-8-11-9-15(4)14-12(11)10(2)3/h9-10,13H,5-8H2,1-4H3. The van der Waals surface area contributed by atoms with Gasteiger partial charge in [0.1, 0.15) is 0 Å². The van der Waals surface area contributed by atoms with E-state index in [1.54, 1.807) is 0 Å². The van der Waals surface area contributed by atoms with Crippen molar-refractivity contribution in [1.82, 2.24) is 15.1 Å². The van der Waals surface area contributed by atoms with Gasteiger partial charge in [-0.3, -0.25) is 4.68 Å². The van der Waals surface area contributed by atoms with Crippen molar-refractivity contribution >= 4 is 0 Å². The lowest BCUT2D eigenvalue weighted by Gasteiger charge is -2.06. The lowest BCUT2D eigenvalue weighted by atomic mass is 10.1. The highest BCUT2D eigenvalue weighted by Crippen LogP contribution is 2.16. The molecule has 4 nitrogen and oxygen atoms in total. The Hall–Kier alpha value is -0.870. The van der Waals surface area contributed by atoms with E-state index in [9.17, 15) is 0 Å². The molecule has 0 saturated heterocycles. The molecule has 0 spiro atoms. The van der Waals surface area contributed by atoms with Crippen molar-refractivity contribution < 1.29 is 4.74 Å². The zero-order valence-corrected chi connectivity index (χ0v) is 10.8. The molecule has 0 aliphatic carbocycles. The molecule has 1 rings (SSSR count). The zero-order chi connectivity index (χ0) is 12.0. The highest BCUT2D eigenvalue weighted by Gasteiger charge is 2.10. The van der Waals surface area contributed by atoms with Crippen molar-refractivity contribution in [2.45, 2.75) is 33.2 Å². The van der Waals surface area contributed by atoms with Crippen LogP contribution < -0.4 is 5.32 Å². The maximum Gasteiger partial charge on any atom is 0.0694 e. The molecule has 0 amide bonds. The van der Waals surface area contributed by atoms with Gasteiger partial charge in [-0.15, -0.1) is 0 Å². The van der Waals surface area contributed by atoms with Gasteiger partial charge in [0.25, 0.3) is 0 Å². The van der Waals surface area contributed by atoms with E-state index < -0.39 is 0 Å². The summed E-state index contributed by atoms with van der Waals surface area (Å²) < 4.78 is 7.15. The molecule has 1 heterocycles. The Bertz CT molecular complexity index is 307. The lowest BCUT2D eigenvalue weighted by molar-refractivity contribution is 0.149. The Morgan fingerprint density at radius 1 is 1.50 bits per heavy atom. The monoisotopic (exact) mass is 225 g/mol. The summed E-state index contributed by atoms with van der Waals surface area (Å²) in [6.07, 6.45) is 2.09. The third kappa shape index (κ3) is 3.94. The fraction of sp³-hybridized carbons (Fsp3) is 0.750. The van der Waals surface area contributed by atoms with Gasteiger partial charge < -0.3 is 10.1 Å². The van der Waals surface area contributed by atoms with Gasteiger partial charge in [0.2, 0.25) is 0 Å². The van der Waals surface area contributed by atoms with Crippen molar-refractivity contribution in [3.63, 3.8) is 0 Å². The first-order chi connectivity index (χ1) is 7.65. The van der Waals surface area contributed by atoms with E-state index in [0.29, 0.717) is 5.92 Å². The number of nitrogens with zero attached hydrogens (tertiary/aromatic N) is 2. The molecule has 0 radical (unpaired) electrons. The highest BCUT2D eigenvalue weighted by molar-refractivity contribution is 5.19. The minimum atomic E-state index is 0.477. The Labute approximate surface area is 98.0 Å². The Kier molecular flexibility index (Phi) is 5.49. The number of nitrogens with one attached hydrogen (secondary N) is 1. The predicted octanol–water partition coefficient (Wildman–Crippen LogP) is 1.67. The molecule has 1 N–H and O–H groups in total. The van der Waals surface area contributed by atoms with Crippen LogP contribution in [0.1, 0.15) is 37.9 Å². The van der Waals surface area contributed by atoms with Gasteiger partial charge in [-0.1, -0.05) is 13.8 Å². The fourth-order valence-corrected chi connectivity index (χ4v) is 1.69. The first kappa shape index (κ1) is 13.2. The van der Waals surface area contributed by atoms with Gasteiger partial charge in [-0.05, 0) is 12.8 Å². The van der Waals surface area contributed by atoms with Gasteiger partial charge in [0.15, 0.2) is 0 Å². The first-order valence-corrected chi connectivity index (χ1v) is 5.96. The summed E-state index contributed by atoms with van der Waals surface area (Å²) in [5, 5.41) is 7.84. The van der Waals surface area contributed by atoms with E-state index in [-0.39, 0.29) is 0 Å². The number of hydrogen-bond acceptors (Lipinski definition) is 3. The summed E-state index contributed by atoms with van der Waals surface area (Å²) in [4.78, 5) is 0. The molecule has 4 heteroatoms. The zero-order valence-electron chi connectivity index (χ0n) is 10.8. The van der Waals surface area contributed by atoms with Crippen molar-refractivity contribution in [2.24, 2.45) is 7.05 Å². The fourth-order valence-electron chi connectivity index (χ4n) is 1.69. The molecular formula is C12H23N3O. The van der Waals surface area contributed by atoms with Crippen molar-refractivity contribution in [2.75, 3.05) is 19.8 Å². The largest absolute Gasteiger partial charge is 0.380 e. The minimum Gasteiger partial charge on any atom is -0.380 e. The van der Waals surface area contributed by atoms with Crippen molar-refractivity contribution in [3.8, 4) is 0 Å². The average Bonchev–Trinajstić information content (AvgIpc) is 2.59. The lowest BCUT2D eigenvalue weighted by Crippen LogP contribution is -2.19. The third-order valence-corrected chi connectivity index (χ3v) is 2.43. The Morgan fingerprint density at radius 2 is 2.25 bits per heavy atom. The van der Waals surface area contributed by atoms with Gasteiger partial charge in [0.05, 0.1) is 12.3 Å². The predicted molar refractivity (Wildman–Crippen MR) is 65.5 cm³/mol. The molecule has 0 aromatic carbocycles. The van der Waals surface area contributed by atoms with Crippen LogP contribution in [0.2, 0.25) is 0 Å². The molecule has 0 aliphatic rings. The summed E-state index contributed by atoms with van der Waals surface area (Å²) >= 11 is 0. The summed E-state index contributed by atoms with van der Waals surface area (Å²) in [5.41, 5.74) is 2.47.